The van der Waals surface area contributed by atoms with Crippen LogP contribution in [0, 0.1) is 0 Å². The first-order valence-corrected chi connectivity index (χ1v) is 11.9. The van der Waals surface area contributed by atoms with Crippen LogP contribution >= 0.6 is 11.6 Å². The number of nitrogens with one attached hydrogen (secondary N) is 1. The highest BCUT2D eigenvalue weighted by Crippen LogP contribution is 2.30. The van der Waals surface area contributed by atoms with E-state index in [-0.39, 0.29) is 6.61 Å². The van der Waals surface area contributed by atoms with Gasteiger partial charge in [-0.3, -0.25) is 4.79 Å². The second-order valence-corrected chi connectivity index (χ2v) is 8.69. The van der Waals surface area contributed by atoms with Crippen molar-refractivity contribution in [2.24, 2.45) is 5.73 Å². The Bertz CT molecular complexity index is 1270. The molecule has 0 amide bonds. The van der Waals surface area contributed by atoms with Gasteiger partial charge in [-0.1, -0.05) is 73.5 Å². The van der Waals surface area contributed by atoms with Gasteiger partial charge in [-0.2, -0.15) is 5.21 Å². The van der Waals surface area contributed by atoms with Crippen LogP contribution in [0.25, 0.3) is 22.5 Å². The summed E-state index contributed by atoms with van der Waals surface area (Å²) in [7, 11) is 0. The first-order valence-electron chi connectivity index (χ1n) is 11.6. The SMILES string of the molecule is CCCCc1nc(Cl)c(COC(=O)C(C)N)n1Cc1ccc(-c2ccccc2-c2nn[nH]n2)cc1. The van der Waals surface area contributed by atoms with Gasteiger partial charge in [0.15, 0.2) is 5.15 Å². The molecule has 0 bridgehead atoms. The lowest BCUT2D eigenvalue weighted by molar-refractivity contribution is -0.146. The van der Waals surface area contributed by atoms with Crippen LogP contribution < -0.4 is 5.73 Å². The molecule has 9 nitrogen and oxygen atoms in total. The third kappa shape index (κ3) is 5.75. The number of benzene rings is 2. The lowest BCUT2D eigenvalue weighted by Gasteiger charge is -2.14. The van der Waals surface area contributed by atoms with Crippen LogP contribution in [0.4, 0.5) is 0 Å². The van der Waals surface area contributed by atoms with Crippen molar-refractivity contribution in [3.8, 4) is 22.5 Å². The summed E-state index contributed by atoms with van der Waals surface area (Å²) in [5, 5.41) is 14.8. The Kier molecular flexibility index (Phi) is 7.89. The second kappa shape index (κ2) is 11.2. The van der Waals surface area contributed by atoms with E-state index in [4.69, 9.17) is 22.1 Å². The quantitative estimate of drug-likeness (QED) is 0.318. The summed E-state index contributed by atoms with van der Waals surface area (Å²) < 4.78 is 7.40. The van der Waals surface area contributed by atoms with Crippen molar-refractivity contribution in [1.82, 2.24) is 30.2 Å². The number of rotatable bonds is 10. The Morgan fingerprint density at radius 2 is 1.91 bits per heavy atom. The average Bonchev–Trinajstić information content (AvgIpc) is 3.50. The molecule has 2 heterocycles. The van der Waals surface area contributed by atoms with Gasteiger partial charge in [0, 0.05) is 18.5 Å². The van der Waals surface area contributed by atoms with Gasteiger partial charge in [-0.15, -0.1) is 10.2 Å². The first-order chi connectivity index (χ1) is 17.0. The molecule has 0 fully saturated rings. The maximum Gasteiger partial charge on any atom is 0.323 e. The summed E-state index contributed by atoms with van der Waals surface area (Å²) >= 11 is 6.46. The van der Waals surface area contributed by atoms with Crippen molar-refractivity contribution < 1.29 is 9.53 Å². The predicted molar refractivity (Wildman–Crippen MR) is 133 cm³/mol. The highest BCUT2D eigenvalue weighted by molar-refractivity contribution is 6.30. The Morgan fingerprint density at radius 3 is 2.57 bits per heavy atom. The fourth-order valence-electron chi connectivity index (χ4n) is 3.80. The monoisotopic (exact) mass is 493 g/mol. The second-order valence-electron chi connectivity index (χ2n) is 8.33. The van der Waals surface area contributed by atoms with Crippen molar-refractivity contribution >= 4 is 17.6 Å². The number of esters is 1. The number of carbonyl (C=O) groups is 1. The molecule has 1 atom stereocenters. The number of aromatic nitrogens is 6. The number of ether oxygens (including phenoxy) is 1. The molecular weight excluding hydrogens is 466 g/mol. The van der Waals surface area contributed by atoms with E-state index in [0.717, 1.165) is 47.3 Å². The van der Waals surface area contributed by atoms with Crippen molar-refractivity contribution in [2.45, 2.75) is 52.3 Å². The minimum absolute atomic E-state index is 0.0223. The van der Waals surface area contributed by atoms with Gasteiger partial charge in [0.05, 0.1) is 5.69 Å². The molecule has 0 saturated carbocycles. The molecule has 2 aromatic heterocycles. The van der Waals surface area contributed by atoms with E-state index in [9.17, 15) is 4.79 Å². The van der Waals surface area contributed by atoms with E-state index in [1.54, 1.807) is 6.92 Å². The lowest BCUT2D eigenvalue weighted by atomic mass is 9.98. The summed E-state index contributed by atoms with van der Waals surface area (Å²) in [5.41, 5.74) is 10.3. The van der Waals surface area contributed by atoms with Gasteiger partial charge in [0.1, 0.15) is 18.5 Å². The number of aryl methyl sites for hydroxylation is 1. The van der Waals surface area contributed by atoms with Gasteiger partial charge >= 0.3 is 5.97 Å². The van der Waals surface area contributed by atoms with Crippen LogP contribution in [-0.2, 0) is 29.1 Å². The summed E-state index contributed by atoms with van der Waals surface area (Å²) in [6, 6.07) is 15.5. The van der Waals surface area contributed by atoms with Crippen LogP contribution in [0.2, 0.25) is 5.15 Å². The normalized spacial score (nSPS) is 12.0. The van der Waals surface area contributed by atoms with Gasteiger partial charge in [-0.25, -0.2) is 4.98 Å². The molecular formula is C25H28ClN7O2. The number of hydrogen-bond donors (Lipinski definition) is 2. The fraction of sp³-hybridized carbons (Fsp3) is 0.320. The van der Waals surface area contributed by atoms with Gasteiger partial charge in [0.25, 0.3) is 0 Å². The molecule has 3 N–H and O–H groups in total. The van der Waals surface area contributed by atoms with Gasteiger partial charge < -0.3 is 15.0 Å². The lowest BCUT2D eigenvalue weighted by Crippen LogP contribution is -2.28. The summed E-state index contributed by atoms with van der Waals surface area (Å²) in [5.74, 6) is 0.938. The third-order valence-electron chi connectivity index (χ3n) is 5.70. The van der Waals surface area contributed by atoms with E-state index < -0.39 is 12.0 Å². The van der Waals surface area contributed by atoms with Crippen LogP contribution in [-0.4, -0.2) is 42.2 Å². The van der Waals surface area contributed by atoms with Crippen molar-refractivity contribution in [2.75, 3.05) is 0 Å². The number of carbonyl (C=O) groups excluding carboxylic acids is 1. The predicted octanol–water partition coefficient (Wildman–Crippen LogP) is 4.16. The molecule has 182 valence electrons. The number of tetrazole rings is 1. The minimum atomic E-state index is -0.701. The number of aromatic amines is 1. The minimum Gasteiger partial charge on any atom is -0.458 e. The van der Waals surface area contributed by atoms with Crippen LogP contribution in [0.15, 0.2) is 48.5 Å². The van der Waals surface area contributed by atoms with E-state index in [1.165, 1.54) is 0 Å². The number of nitrogens with two attached hydrogens (primary N) is 1. The Hall–Kier alpha value is -3.56. The topological polar surface area (TPSA) is 125 Å². The van der Waals surface area contributed by atoms with E-state index in [2.05, 4.69) is 56.8 Å². The molecule has 2 aromatic carbocycles. The standard InChI is InChI=1S/C25H28ClN7O2/c1-3-4-9-22-28-23(26)21(15-35-25(34)16(2)27)33(22)14-17-10-12-18(13-11-17)19-7-5-6-8-20(19)24-29-31-32-30-24/h5-8,10-13,16H,3-4,9,14-15,27H2,1-2H3,(H,29,30,31,32). The number of halogens is 1. The zero-order valence-electron chi connectivity index (χ0n) is 19.7. The van der Waals surface area contributed by atoms with Crippen molar-refractivity contribution in [3.63, 3.8) is 0 Å². The Labute approximate surface area is 208 Å². The van der Waals surface area contributed by atoms with Crippen molar-refractivity contribution in [1.29, 1.82) is 0 Å². The Balaban J connectivity index is 1.60. The molecule has 4 rings (SSSR count). The largest absolute Gasteiger partial charge is 0.458 e. The summed E-state index contributed by atoms with van der Waals surface area (Å²) in [6.45, 7) is 4.29. The van der Waals surface area contributed by atoms with Crippen molar-refractivity contribution in [3.05, 3.63) is 70.8 Å². The molecule has 4 aromatic rings. The molecule has 0 aliphatic carbocycles. The zero-order valence-corrected chi connectivity index (χ0v) is 20.5. The van der Waals surface area contributed by atoms with E-state index in [1.807, 2.05) is 28.8 Å². The van der Waals surface area contributed by atoms with E-state index >= 15 is 0 Å². The maximum absolute atomic E-state index is 11.9. The van der Waals surface area contributed by atoms with Crippen LogP contribution in [0.1, 0.15) is 43.8 Å². The van der Waals surface area contributed by atoms with Gasteiger partial charge in [0.2, 0.25) is 5.82 Å². The molecule has 0 radical (unpaired) electrons. The van der Waals surface area contributed by atoms with E-state index in [0.29, 0.717) is 23.2 Å². The average molecular weight is 494 g/mol. The molecule has 0 spiro atoms. The molecule has 1 unspecified atom stereocenters. The highest BCUT2D eigenvalue weighted by Gasteiger charge is 2.19. The number of imidazole rings is 1. The molecule has 0 aliphatic rings. The number of unbranched alkanes of at least 4 members (excludes halogenated alkanes) is 1. The number of H-pyrrole nitrogens is 1. The number of hydrogen-bond acceptors (Lipinski definition) is 7. The Morgan fingerprint density at radius 1 is 1.17 bits per heavy atom. The molecule has 0 aliphatic heterocycles. The molecule has 35 heavy (non-hydrogen) atoms. The highest BCUT2D eigenvalue weighted by atomic mass is 35.5. The third-order valence-corrected chi connectivity index (χ3v) is 6.00. The molecule has 10 heteroatoms. The van der Waals surface area contributed by atoms with Crippen LogP contribution in [0.3, 0.4) is 0 Å². The molecule has 0 saturated heterocycles. The van der Waals surface area contributed by atoms with Crippen LogP contribution in [0.5, 0.6) is 0 Å². The number of nitrogens with zero attached hydrogens (tertiary/aromatic N) is 5. The zero-order chi connectivity index (χ0) is 24.8. The smallest absolute Gasteiger partial charge is 0.323 e. The summed E-state index contributed by atoms with van der Waals surface area (Å²) in [6.07, 6.45) is 2.81. The van der Waals surface area contributed by atoms with Gasteiger partial charge in [-0.05, 0) is 35.2 Å². The fourth-order valence-corrected chi connectivity index (χ4v) is 4.06. The first kappa shape index (κ1) is 24.6. The summed E-state index contributed by atoms with van der Waals surface area (Å²) in [4.78, 5) is 16.5. The maximum atomic E-state index is 11.9.